The van der Waals surface area contributed by atoms with E-state index in [1.807, 2.05) is 11.8 Å². The van der Waals surface area contributed by atoms with Gasteiger partial charge in [-0.1, -0.05) is 19.3 Å². The van der Waals surface area contributed by atoms with Crippen LogP contribution < -0.4 is 5.32 Å². The van der Waals surface area contributed by atoms with Crippen LogP contribution in [0.5, 0.6) is 0 Å². The summed E-state index contributed by atoms with van der Waals surface area (Å²) in [5.74, 6) is 0.271. The fourth-order valence-electron chi connectivity index (χ4n) is 4.04. The molecule has 1 N–H and O–H groups in total. The van der Waals surface area contributed by atoms with Gasteiger partial charge in [0.1, 0.15) is 6.10 Å². The quantitative estimate of drug-likeness (QED) is 0.836. The lowest BCUT2D eigenvalue weighted by atomic mass is 9.95. The van der Waals surface area contributed by atoms with E-state index in [9.17, 15) is 9.59 Å². The summed E-state index contributed by atoms with van der Waals surface area (Å²) < 4.78 is 5.50. The Morgan fingerprint density at radius 1 is 1.00 bits per heavy atom. The van der Waals surface area contributed by atoms with Crippen LogP contribution in [-0.4, -0.2) is 72.6 Å². The second kappa shape index (κ2) is 8.30. The number of rotatable bonds is 4. The van der Waals surface area contributed by atoms with E-state index in [-0.39, 0.29) is 24.0 Å². The van der Waals surface area contributed by atoms with E-state index >= 15 is 0 Å². The molecule has 6 nitrogen and oxygen atoms in total. The molecule has 3 aliphatic rings. The van der Waals surface area contributed by atoms with Gasteiger partial charge < -0.3 is 15.0 Å². The summed E-state index contributed by atoms with van der Waals surface area (Å²) >= 11 is 0. The summed E-state index contributed by atoms with van der Waals surface area (Å²) in [5, 5.41) is 3.21. The average Bonchev–Trinajstić information content (AvgIpc) is 3.16. The van der Waals surface area contributed by atoms with Crippen LogP contribution in [0.2, 0.25) is 0 Å². The Bertz CT molecular complexity index is 437. The van der Waals surface area contributed by atoms with Crippen molar-refractivity contribution in [1.29, 1.82) is 0 Å². The topological polar surface area (TPSA) is 61.9 Å². The molecule has 2 heterocycles. The normalized spacial score (nSPS) is 27.9. The third-order valence-corrected chi connectivity index (χ3v) is 5.71. The average molecular weight is 337 g/mol. The van der Waals surface area contributed by atoms with Gasteiger partial charge in [-0.3, -0.25) is 14.5 Å². The first kappa shape index (κ1) is 17.7. The van der Waals surface area contributed by atoms with Crippen LogP contribution in [0.1, 0.15) is 51.9 Å². The van der Waals surface area contributed by atoms with Crippen LogP contribution >= 0.6 is 0 Å². The number of amides is 2. The number of carbonyl (C=O) groups excluding carboxylic acids is 2. The molecule has 6 heteroatoms. The molecular formula is C18H31N3O3. The number of hydrogen-bond donors (Lipinski definition) is 1. The number of carbonyl (C=O) groups is 2. The third kappa shape index (κ3) is 4.28. The Hall–Kier alpha value is -1.14. The Morgan fingerprint density at radius 3 is 2.33 bits per heavy atom. The largest absolute Gasteiger partial charge is 0.368 e. The molecule has 1 saturated carbocycles. The van der Waals surface area contributed by atoms with E-state index in [1.165, 1.54) is 19.3 Å². The molecule has 0 aromatic heterocycles. The molecule has 0 unspecified atom stereocenters. The molecule has 3 rings (SSSR count). The van der Waals surface area contributed by atoms with Crippen molar-refractivity contribution in [1.82, 2.24) is 15.1 Å². The minimum Gasteiger partial charge on any atom is -0.368 e. The number of hydrogen-bond acceptors (Lipinski definition) is 4. The van der Waals surface area contributed by atoms with Gasteiger partial charge in [0.15, 0.2) is 0 Å². The molecule has 2 saturated heterocycles. The van der Waals surface area contributed by atoms with E-state index in [4.69, 9.17) is 4.74 Å². The van der Waals surface area contributed by atoms with E-state index in [2.05, 4.69) is 10.2 Å². The molecule has 0 spiro atoms. The van der Waals surface area contributed by atoms with E-state index in [1.54, 1.807) is 0 Å². The first-order valence-electron chi connectivity index (χ1n) is 9.60. The number of nitrogens with one attached hydrogen (secondary N) is 1. The smallest absolute Gasteiger partial charge is 0.251 e. The molecule has 2 amide bonds. The van der Waals surface area contributed by atoms with Crippen molar-refractivity contribution >= 4 is 11.8 Å². The van der Waals surface area contributed by atoms with Crippen molar-refractivity contribution in [2.45, 2.75) is 70.1 Å². The Morgan fingerprint density at radius 2 is 1.71 bits per heavy atom. The van der Waals surface area contributed by atoms with Gasteiger partial charge in [0, 0.05) is 38.8 Å². The van der Waals surface area contributed by atoms with Crippen LogP contribution in [0, 0.1) is 0 Å². The van der Waals surface area contributed by atoms with Crippen LogP contribution in [0.4, 0.5) is 0 Å². The molecule has 2 atom stereocenters. The zero-order valence-electron chi connectivity index (χ0n) is 14.8. The van der Waals surface area contributed by atoms with Gasteiger partial charge in [-0.05, 0) is 32.6 Å². The predicted molar refractivity (Wildman–Crippen MR) is 91.6 cm³/mol. The minimum atomic E-state index is -0.233. The molecule has 2 aliphatic heterocycles. The van der Waals surface area contributed by atoms with Crippen LogP contribution in [-0.2, 0) is 14.3 Å². The highest BCUT2D eigenvalue weighted by atomic mass is 16.5. The van der Waals surface area contributed by atoms with Crippen LogP contribution in [0.25, 0.3) is 0 Å². The van der Waals surface area contributed by atoms with E-state index in [0.717, 1.165) is 38.8 Å². The molecule has 3 fully saturated rings. The first-order chi connectivity index (χ1) is 11.6. The van der Waals surface area contributed by atoms with Gasteiger partial charge in [0.25, 0.3) is 5.91 Å². The zero-order valence-corrected chi connectivity index (χ0v) is 14.8. The number of piperazine rings is 1. The van der Waals surface area contributed by atoms with Crippen molar-refractivity contribution in [3.8, 4) is 0 Å². The van der Waals surface area contributed by atoms with Crippen molar-refractivity contribution in [2.24, 2.45) is 0 Å². The fourth-order valence-corrected chi connectivity index (χ4v) is 4.04. The molecule has 0 radical (unpaired) electrons. The van der Waals surface area contributed by atoms with E-state index in [0.29, 0.717) is 25.7 Å². The highest BCUT2D eigenvalue weighted by Gasteiger charge is 2.32. The van der Waals surface area contributed by atoms with E-state index < -0.39 is 0 Å². The predicted octanol–water partition coefficient (Wildman–Crippen LogP) is 1.15. The van der Waals surface area contributed by atoms with Crippen LogP contribution in [0.3, 0.4) is 0 Å². The van der Waals surface area contributed by atoms with Gasteiger partial charge in [0.2, 0.25) is 5.91 Å². The maximum Gasteiger partial charge on any atom is 0.251 e. The highest BCUT2D eigenvalue weighted by molar-refractivity contribution is 5.82. The maximum atomic E-state index is 12.5. The first-order valence-corrected chi connectivity index (χ1v) is 9.60. The van der Waals surface area contributed by atoms with Gasteiger partial charge >= 0.3 is 0 Å². The standard InChI is InChI=1S/C18H31N3O3/c1-14(17(22)19-15-6-3-2-4-7-15)20-9-11-21(12-10-20)18(23)16-8-5-13-24-16/h14-16H,2-13H2,1H3,(H,19,22)/t14-,16-/m1/s1. The molecular weight excluding hydrogens is 306 g/mol. The molecule has 0 aromatic rings. The summed E-state index contributed by atoms with van der Waals surface area (Å²) in [6, 6.07) is 0.239. The molecule has 0 bridgehead atoms. The molecule has 136 valence electrons. The molecule has 1 aliphatic carbocycles. The van der Waals surface area contributed by atoms with Gasteiger partial charge in [-0.2, -0.15) is 0 Å². The summed E-state index contributed by atoms with van der Waals surface area (Å²) in [7, 11) is 0. The van der Waals surface area contributed by atoms with Crippen molar-refractivity contribution < 1.29 is 14.3 Å². The van der Waals surface area contributed by atoms with Gasteiger partial charge in [-0.15, -0.1) is 0 Å². The second-order valence-corrected chi connectivity index (χ2v) is 7.38. The summed E-state index contributed by atoms with van der Waals surface area (Å²) in [4.78, 5) is 29.0. The second-order valence-electron chi connectivity index (χ2n) is 7.38. The Kier molecular flexibility index (Phi) is 6.11. The van der Waals surface area contributed by atoms with Gasteiger partial charge in [-0.25, -0.2) is 0 Å². The third-order valence-electron chi connectivity index (χ3n) is 5.71. The van der Waals surface area contributed by atoms with Crippen molar-refractivity contribution in [3.05, 3.63) is 0 Å². The van der Waals surface area contributed by atoms with Crippen LogP contribution in [0.15, 0.2) is 0 Å². The highest BCUT2D eigenvalue weighted by Crippen LogP contribution is 2.19. The number of ether oxygens (including phenoxy) is 1. The Balaban J connectivity index is 1.43. The lowest BCUT2D eigenvalue weighted by molar-refractivity contribution is -0.143. The summed E-state index contributed by atoms with van der Waals surface area (Å²) in [5.41, 5.74) is 0. The SMILES string of the molecule is C[C@H](C(=O)NC1CCCCC1)N1CCN(C(=O)[C@H]2CCCO2)CC1. The van der Waals surface area contributed by atoms with Crippen molar-refractivity contribution in [2.75, 3.05) is 32.8 Å². The number of nitrogens with zero attached hydrogens (tertiary/aromatic N) is 2. The summed E-state index contributed by atoms with van der Waals surface area (Å²) in [6.45, 7) is 5.60. The minimum absolute atomic E-state index is 0.119. The fraction of sp³-hybridized carbons (Fsp3) is 0.889. The lowest BCUT2D eigenvalue weighted by Gasteiger charge is -2.38. The molecule has 0 aromatic carbocycles. The summed E-state index contributed by atoms with van der Waals surface area (Å²) in [6.07, 6.45) is 7.57. The van der Waals surface area contributed by atoms with Crippen molar-refractivity contribution in [3.63, 3.8) is 0 Å². The molecule has 24 heavy (non-hydrogen) atoms. The Labute approximate surface area is 144 Å². The lowest BCUT2D eigenvalue weighted by Crippen LogP contribution is -2.57. The monoisotopic (exact) mass is 337 g/mol. The maximum absolute atomic E-state index is 12.5. The van der Waals surface area contributed by atoms with Gasteiger partial charge in [0.05, 0.1) is 6.04 Å². The zero-order chi connectivity index (χ0) is 16.9.